The van der Waals surface area contributed by atoms with Gasteiger partial charge in [0.25, 0.3) is 0 Å². The first-order chi connectivity index (χ1) is 8.43. The summed E-state index contributed by atoms with van der Waals surface area (Å²) in [5, 5.41) is 9.40. The van der Waals surface area contributed by atoms with Crippen LogP contribution in [0, 0.1) is 0 Å². The standard InChI is InChI=1S/C11H21NO5S/c1-2-17-10(14)8-18(15,16)12-11(9-13)6-4-3-5-7-11/h12-13H,2-9H2,1H3. The van der Waals surface area contributed by atoms with E-state index >= 15 is 0 Å². The van der Waals surface area contributed by atoms with Gasteiger partial charge in [0.15, 0.2) is 5.75 Å². The van der Waals surface area contributed by atoms with E-state index < -0.39 is 27.3 Å². The highest BCUT2D eigenvalue weighted by Crippen LogP contribution is 2.28. The van der Waals surface area contributed by atoms with Gasteiger partial charge in [-0.05, 0) is 19.8 Å². The van der Waals surface area contributed by atoms with Gasteiger partial charge < -0.3 is 9.84 Å². The second-order valence-electron chi connectivity index (χ2n) is 4.67. The normalized spacial score (nSPS) is 19.4. The van der Waals surface area contributed by atoms with Crippen molar-refractivity contribution in [1.82, 2.24) is 4.72 Å². The van der Waals surface area contributed by atoms with Gasteiger partial charge in [-0.15, -0.1) is 0 Å². The molecule has 6 nitrogen and oxygen atoms in total. The Kier molecular flexibility index (Phi) is 5.55. The Hall–Kier alpha value is -0.660. The van der Waals surface area contributed by atoms with Crippen LogP contribution in [-0.4, -0.2) is 44.0 Å². The first-order valence-electron chi connectivity index (χ1n) is 6.21. The van der Waals surface area contributed by atoms with E-state index in [4.69, 9.17) is 0 Å². The Labute approximate surface area is 108 Å². The quantitative estimate of drug-likeness (QED) is 0.676. The second-order valence-corrected chi connectivity index (χ2v) is 6.39. The topological polar surface area (TPSA) is 92.7 Å². The Bertz CT molecular complexity index is 373. The number of rotatable bonds is 6. The summed E-state index contributed by atoms with van der Waals surface area (Å²) in [4.78, 5) is 11.2. The van der Waals surface area contributed by atoms with Crippen LogP contribution in [0.1, 0.15) is 39.0 Å². The largest absolute Gasteiger partial charge is 0.465 e. The highest BCUT2D eigenvalue weighted by atomic mass is 32.2. The number of hydrogen-bond acceptors (Lipinski definition) is 5. The average molecular weight is 279 g/mol. The Morgan fingerprint density at radius 2 is 1.94 bits per heavy atom. The maximum Gasteiger partial charge on any atom is 0.322 e. The van der Waals surface area contributed by atoms with E-state index in [1.165, 1.54) is 0 Å². The highest BCUT2D eigenvalue weighted by molar-refractivity contribution is 7.90. The zero-order chi connectivity index (χ0) is 13.6. The molecule has 1 aliphatic carbocycles. The van der Waals surface area contributed by atoms with Crippen molar-refractivity contribution in [2.24, 2.45) is 0 Å². The molecule has 106 valence electrons. The highest BCUT2D eigenvalue weighted by Gasteiger charge is 2.36. The monoisotopic (exact) mass is 279 g/mol. The molecule has 1 aliphatic rings. The molecule has 1 fully saturated rings. The van der Waals surface area contributed by atoms with Gasteiger partial charge in [0, 0.05) is 0 Å². The van der Waals surface area contributed by atoms with Crippen LogP contribution in [0.25, 0.3) is 0 Å². The minimum absolute atomic E-state index is 0.152. The number of hydrogen-bond donors (Lipinski definition) is 2. The number of esters is 1. The summed E-state index contributed by atoms with van der Waals surface area (Å²) in [6.45, 7) is 1.53. The zero-order valence-electron chi connectivity index (χ0n) is 10.6. The van der Waals surface area contributed by atoms with E-state index in [1.54, 1.807) is 6.92 Å². The van der Waals surface area contributed by atoms with Gasteiger partial charge in [-0.1, -0.05) is 19.3 Å². The third-order valence-corrected chi connectivity index (χ3v) is 4.46. The molecule has 0 amide bonds. The molecule has 0 aromatic carbocycles. The van der Waals surface area contributed by atoms with Crippen LogP contribution in [-0.2, 0) is 19.6 Å². The fraction of sp³-hybridized carbons (Fsp3) is 0.909. The first-order valence-corrected chi connectivity index (χ1v) is 7.86. The summed E-state index contributed by atoms with van der Waals surface area (Å²) in [5.41, 5.74) is -0.802. The minimum Gasteiger partial charge on any atom is -0.465 e. The van der Waals surface area contributed by atoms with Gasteiger partial charge >= 0.3 is 5.97 Å². The number of carbonyl (C=O) groups excluding carboxylic acids is 1. The lowest BCUT2D eigenvalue weighted by Crippen LogP contribution is -2.53. The smallest absolute Gasteiger partial charge is 0.322 e. The van der Waals surface area contributed by atoms with Gasteiger partial charge in [-0.2, -0.15) is 0 Å². The molecule has 7 heteroatoms. The van der Waals surface area contributed by atoms with Gasteiger partial charge in [-0.3, -0.25) is 4.79 Å². The molecule has 0 aliphatic heterocycles. The van der Waals surface area contributed by atoms with E-state index in [0.29, 0.717) is 12.8 Å². The van der Waals surface area contributed by atoms with Gasteiger partial charge in [0.2, 0.25) is 10.0 Å². The number of ether oxygens (including phenoxy) is 1. The predicted molar refractivity (Wildman–Crippen MR) is 66.5 cm³/mol. The fourth-order valence-corrected chi connectivity index (χ4v) is 3.64. The van der Waals surface area contributed by atoms with Crippen molar-refractivity contribution in [1.29, 1.82) is 0 Å². The molecule has 0 saturated heterocycles. The number of sulfonamides is 1. The molecule has 1 saturated carbocycles. The number of aliphatic hydroxyl groups is 1. The van der Waals surface area contributed by atoms with Crippen molar-refractivity contribution in [3.63, 3.8) is 0 Å². The van der Waals surface area contributed by atoms with Crippen molar-refractivity contribution >= 4 is 16.0 Å². The summed E-state index contributed by atoms with van der Waals surface area (Å²) in [6.07, 6.45) is 4.00. The summed E-state index contributed by atoms with van der Waals surface area (Å²) < 4.78 is 30.7. The molecule has 2 N–H and O–H groups in total. The zero-order valence-corrected chi connectivity index (χ0v) is 11.5. The third-order valence-electron chi connectivity index (χ3n) is 3.10. The van der Waals surface area contributed by atoms with Gasteiger partial charge in [-0.25, -0.2) is 13.1 Å². The maximum atomic E-state index is 11.8. The van der Waals surface area contributed by atoms with Crippen LogP contribution in [0.2, 0.25) is 0 Å². The number of aliphatic hydroxyl groups excluding tert-OH is 1. The van der Waals surface area contributed by atoms with Crippen molar-refractivity contribution in [3.8, 4) is 0 Å². The molecule has 0 bridgehead atoms. The van der Waals surface area contributed by atoms with Gasteiger partial charge in [0.1, 0.15) is 0 Å². The maximum absolute atomic E-state index is 11.8. The summed E-state index contributed by atoms with van der Waals surface area (Å²) in [6, 6.07) is 0. The summed E-state index contributed by atoms with van der Waals surface area (Å²) in [5.74, 6) is -1.46. The molecular formula is C11H21NO5S. The molecule has 0 spiro atoms. The molecule has 0 unspecified atom stereocenters. The van der Waals surface area contributed by atoms with E-state index in [-0.39, 0.29) is 13.2 Å². The Morgan fingerprint density at radius 3 is 2.44 bits per heavy atom. The number of carbonyl (C=O) groups is 1. The lowest BCUT2D eigenvalue weighted by atomic mass is 9.83. The van der Waals surface area contributed by atoms with E-state index in [2.05, 4.69) is 9.46 Å². The molecule has 0 atom stereocenters. The number of nitrogens with one attached hydrogen (secondary N) is 1. The van der Waals surface area contributed by atoms with Crippen LogP contribution < -0.4 is 4.72 Å². The van der Waals surface area contributed by atoms with Crippen LogP contribution in [0.4, 0.5) is 0 Å². The summed E-state index contributed by atoms with van der Waals surface area (Å²) in [7, 11) is -3.76. The summed E-state index contributed by atoms with van der Waals surface area (Å²) >= 11 is 0. The molecule has 18 heavy (non-hydrogen) atoms. The average Bonchev–Trinajstić information content (AvgIpc) is 2.29. The van der Waals surface area contributed by atoms with E-state index in [9.17, 15) is 18.3 Å². The predicted octanol–water partition coefficient (Wildman–Crippen LogP) is 0.164. The SMILES string of the molecule is CCOC(=O)CS(=O)(=O)NC1(CO)CCCCC1. The van der Waals surface area contributed by atoms with Crippen LogP contribution in [0.3, 0.4) is 0 Å². The Morgan fingerprint density at radius 1 is 1.33 bits per heavy atom. The minimum atomic E-state index is -3.76. The van der Waals surface area contributed by atoms with Crippen LogP contribution in [0.15, 0.2) is 0 Å². The molecular weight excluding hydrogens is 258 g/mol. The third kappa shape index (κ3) is 4.55. The van der Waals surface area contributed by atoms with Crippen LogP contribution >= 0.6 is 0 Å². The molecule has 0 aromatic heterocycles. The Balaban J connectivity index is 2.65. The fourth-order valence-electron chi connectivity index (χ4n) is 2.24. The lowest BCUT2D eigenvalue weighted by Gasteiger charge is -2.35. The van der Waals surface area contributed by atoms with E-state index in [0.717, 1.165) is 19.3 Å². The van der Waals surface area contributed by atoms with Crippen molar-refractivity contribution < 1.29 is 23.1 Å². The van der Waals surface area contributed by atoms with Gasteiger partial charge in [0.05, 0.1) is 18.8 Å². The van der Waals surface area contributed by atoms with E-state index in [1.807, 2.05) is 0 Å². The molecule has 0 radical (unpaired) electrons. The molecule has 0 aromatic rings. The lowest BCUT2D eigenvalue weighted by molar-refractivity contribution is -0.139. The second kappa shape index (κ2) is 6.49. The van der Waals surface area contributed by atoms with Crippen molar-refractivity contribution in [2.45, 2.75) is 44.6 Å². The molecule has 0 heterocycles. The van der Waals surface area contributed by atoms with Crippen molar-refractivity contribution in [2.75, 3.05) is 19.0 Å². The van der Waals surface area contributed by atoms with Crippen molar-refractivity contribution in [3.05, 3.63) is 0 Å². The molecule has 1 rings (SSSR count). The first kappa shape index (κ1) is 15.4. The van der Waals surface area contributed by atoms with Crippen LogP contribution in [0.5, 0.6) is 0 Å².